The summed E-state index contributed by atoms with van der Waals surface area (Å²) in [4.78, 5) is 15.5. The van der Waals surface area contributed by atoms with E-state index in [9.17, 15) is 15.3 Å². The number of Topliss-reactive ketones (excluding diaryl/α,β-unsaturated/α-hetero) is 1. The molecule has 1 atom stereocenters. The molecule has 2 N–H and O–H groups in total. The number of carbonyl (C=O) groups is 1. The van der Waals surface area contributed by atoms with Gasteiger partial charge in [0.25, 0.3) is 0 Å². The first-order valence-corrected chi connectivity index (χ1v) is 13.5. The number of aliphatic hydroxyl groups excluding tert-OH is 1. The second kappa shape index (κ2) is 11.6. The Morgan fingerprint density at radius 1 is 0.927 bits per heavy atom. The summed E-state index contributed by atoms with van der Waals surface area (Å²) in [6.07, 6.45) is 1.55. The smallest absolute Gasteiger partial charge is 0.203 e. The summed E-state index contributed by atoms with van der Waals surface area (Å²) in [5, 5.41) is 21.9. The number of rotatable bonds is 7. The predicted molar refractivity (Wildman–Crippen MR) is 159 cm³/mol. The Balaban J connectivity index is 1.86. The van der Waals surface area contributed by atoms with Crippen LogP contribution in [-0.4, -0.2) is 45.2 Å². The van der Waals surface area contributed by atoms with Crippen molar-refractivity contribution in [2.24, 2.45) is 0 Å². The number of nitrogens with one attached hydrogen (secondary N) is 1. The molecule has 2 aliphatic rings. The maximum absolute atomic E-state index is 13.8. The summed E-state index contributed by atoms with van der Waals surface area (Å²) >= 11 is 6.65. The first-order valence-electron chi connectivity index (χ1n) is 13.1. The van der Waals surface area contributed by atoms with E-state index in [-0.39, 0.29) is 23.0 Å². The third kappa shape index (κ3) is 4.89. The minimum absolute atomic E-state index is 0.0126. The molecule has 41 heavy (non-hydrogen) atoms. The number of allylic oxidation sites excluding steroid dienone is 2. The van der Waals surface area contributed by atoms with E-state index in [1.807, 2.05) is 18.2 Å². The molecule has 1 aliphatic heterocycles. The summed E-state index contributed by atoms with van der Waals surface area (Å²) in [7, 11) is 6.12. The Kier molecular flexibility index (Phi) is 7.94. The van der Waals surface area contributed by atoms with Gasteiger partial charge in [0.05, 0.1) is 39.1 Å². The highest BCUT2D eigenvalue weighted by Gasteiger charge is 2.44. The minimum Gasteiger partial charge on any atom is -0.507 e. The van der Waals surface area contributed by atoms with Crippen molar-refractivity contribution in [2.75, 3.05) is 33.3 Å². The molecule has 0 bridgehead atoms. The fourth-order valence-electron chi connectivity index (χ4n) is 5.60. The van der Waals surface area contributed by atoms with Crippen LogP contribution in [0.2, 0.25) is 5.02 Å². The molecule has 3 aromatic carbocycles. The van der Waals surface area contributed by atoms with Crippen LogP contribution in [-0.2, 0) is 4.79 Å². The predicted octanol–water partition coefficient (Wildman–Crippen LogP) is 6.93. The average Bonchev–Trinajstić information content (AvgIpc) is 3.00. The molecule has 1 unspecified atom stereocenters. The van der Waals surface area contributed by atoms with Gasteiger partial charge in [0.1, 0.15) is 17.3 Å². The van der Waals surface area contributed by atoms with Crippen LogP contribution >= 0.6 is 11.6 Å². The highest BCUT2D eigenvalue weighted by Crippen LogP contribution is 2.51. The van der Waals surface area contributed by atoms with Gasteiger partial charge in [0.15, 0.2) is 17.3 Å². The van der Waals surface area contributed by atoms with Crippen molar-refractivity contribution < 1.29 is 28.8 Å². The Hall–Kier alpha value is -4.43. The summed E-state index contributed by atoms with van der Waals surface area (Å²) < 4.78 is 22.1. The lowest BCUT2D eigenvalue weighted by Gasteiger charge is -2.42. The summed E-state index contributed by atoms with van der Waals surface area (Å²) in [6, 6.07) is 17.6. The lowest BCUT2D eigenvalue weighted by molar-refractivity contribution is -0.116. The van der Waals surface area contributed by atoms with Crippen molar-refractivity contribution in [2.45, 2.75) is 25.2 Å². The van der Waals surface area contributed by atoms with Gasteiger partial charge in [-0.15, -0.1) is 0 Å². The molecule has 1 aliphatic carbocycles. The van der Waals surface area contributed by atoms with Crippen molar-refractivity contribution in [3.8, 4) is 23.0 Å². The van der Waals surface area contributed by atoms with Crippen molar-refractivity contribution in [3.63, 3.8) is 0 Å². The van der Waals surface area contributed by atoms with Gasteiger partial charge >= 0.3 is 0 Å². The zero-order valence-electron chi connectivity index (χ0n) is 23.3. The van der Waals surface area contributed by atoms with Crippen LogP contribution in [0.5, 0.6) is 23.0 Å². The van der Waals surface area contributed by atoms with E-state index in [4.69, 9.17) is 30.5 Å². The molecule has 3 aromatic rings. The Labute approximate surface area is 243 Å². The van der Waals surface area contributed by atoms with E-state index in [0.29, 0.717) is 75.4 Å². The highest BCUT2D eigenvalue weighted by molar-refractivity contribution is 6.34. The largest absolute Gasteiger partial charge is 0.507 e. The van der Waals surface area contributed by atoms with Gasteiger partial charge in [-0.25, -0.2) is 0 Å². The van der Waals surface area contributed by atoms with Gasteiger partial charge in [-0.05, 0) is 66.9 Å². The van der Waals surface area contributed by atoms with Gasteiger partial charge in [0, 0.05) is 34.7 Å². The first-order chi connectivity index (χ1) is 19.8. The Bertz CT molecular complexity index is 1550. The number of halogens is 1. The lowest BCUT2D eigenvalue weighted by Crippen LogP contribution is -2.42. The van der Waals surface area contributed by atoms with E-state index in [1.165, 1.54) is 21.3 Å². The van der Waals surface area contributed by atoms with Gasteiger partial charge in [-0.2, -0.15) is 0 Å². The molecule has 8 nitrogen and oxygen atoms in total. The molecule has 0 saturated carbocycles. The van der Waals surface area contributed by atoms with Crippen LogP contribution in [0, 0.1) is 5.41 Å². The maximum Gasteiger partial charge on any atom is 0.203 e. The van der Waals surface area contributed by atoms with E-state index in [0.717, 1.165) is 0 Å². The number of anilines is 1. The first kappa shape index (κ1) is 28.1. The zero-order valence-corrected chi connectivity index (χ0v) is 24.0. The second-order valence-corrected chi connectivity index (χ2v) is 10.1. The molecule has 0 radical (unpaired) electrons. The molecule has 0 fully saturated rings. The van der Waals surface area contributed by atoms with Crippen molar-refractivity contribution in [3.05, 3.63) is 93.7 Å². The molecule has 0 spiro atoms. The maximum atomic E-state index is 13.8. The van der Waals surface area contributed by atoms with Crippen molar-refractivity contribution in [1.82, 2.24) is 0 Å². The number of carbonyl (C=O) groups excluding carboxylic acids is 1. The molecule has 0 aromatic heterocycles. The van der Waals surface area contributed by atoms with Crippen LogP contribution < -0.4 is 23.8 Å². The van der Waals surface area contributed by atoms with Gasteiger partial charge in [0.2, 0.25) is 5.75 Å². The van der Waals surface area contributed by atoms with Crippen molar-refractivity contribution >= 4 is 34.7 Å². The fraction of sp³-hybridized carbons (Fsp3) is 0.250. The van der Waals surface area contributed by atoms with Crippen LogP contribution in [0.15, 0.2) is 77.5 Å². The third-order valence-corrected chi connectivity index (χ3v) is 7.81. The van der Waals surface area contributed by atoms with E-state index >= 15 is 0 Å². The SMILES string of the molecule is COc1ccc(C(O)=C2C(=N)N(c3ccccc3Cl)C3=C(C(=O)CCC3)C2c2cc(OC)c(OC)c(OC)c2)cc1. The Morgan fingerprint density at radius 2 is 1.59 bits per heavy atom. The van der Waals surface area contributed by atoms with Crippen LogP contribution in [0.3, 0.4) is 0 Å². The standard InChI is InChI=1S/C32H31ClN2O6/c1-38-20-14-12-18(13-15-20)30(37)29-27(19-16-25(39-2)31(41-4)26(17-19)40-3)28-23(10-7-11-24(28)36)35(32(29)34)22-9-6-5-8-21(22)33/h5-6,8-9,12-17,27,34,37H,7,10-11H2,1-4H3. The summed E-state index contributed by atoms with van der Waals surface area (Å²) in [5.74, 6) is 0.839. The van der Waals surface area contributed by atoms with Crippen LogP contribution in [0.25, 0.3) is 5.76 Å². The number of para-hydroxylation sites is 1. The third-order valence-electron chi connectivity index (χ3n) is 7.49. The zero-order chi connectivity index (χ0) is 29.3. The normalized spacial score (nSPS) is 18.2. The number of benzene rings is 3. The lowest BCUT2D eigenvalue weighted by atomic mass is 9.73. The molecule has 0 saturated heterocycles. The van der Waals surface area contributed by atoms with Crippen LogP contribution in [0.4, 0.5) is 5.69 Å². The number of amidine groups is 1. The monoisotopic (exact) mass is 574 g/mol. The highest BCUT2D eigenvalue weighted by atomic mass is 35.5. The number of hydrogen-bond donors (Lipinski definition) is 2. The van der Waals surface area contributed by atoms with E-state index in [2.05, 4.69) is 0 Å². The van der Waals surface area contributed by atoms with E-state index in [1.54, 1.807) is 54.5 Å². The van der Waals surface area contributed by atoms with Gasteiger partial charge in [-0.1, -0.05) is 23.7 Å². The minimum atomic E-state index is -0.792. The summed E-state index contributed by atoms with van der Waals surface area (Å²) in [5.41, 5.74) is 3.07. The van der Waals surface area contributed by atoms with E-state index < -0.39 is 5.92 Å². The number of ketones is 1. The number of nitrogens with zero attached hydrogens (tertiary/aromatic N) is 1. The van der Waals surface area contributed by atoms with Gasteiger partial charge in [-0.3, -0.25) is 15.1 Å². The number of hydrogen-bond acceptors (Lipinski definition) is 7. The average molecular weight is 575 g/mol. The number of aliphatic hydroxyl groups is 1. The van der Waals surface area contributed by atoms with Crippen LogP contribution in [0.1, 0.15) is 36.3 Å². The quantitative estimate of drug-likeness (QED) is 0.295. The molecule has 1 heterocycles. The second-order valence-electron chi connectivity index (χ2n) is 9.65. The topological polar surface area (TPSA) is 101 Å². The summed E-state index contributed by atoms with van der Waals surface area (Å²) in [6.45, 7) is 0. The molecule has 0 amide bonds. The Morgan fingerprint density at radius 3 is 2.17 bits per heavy atom. The molecular formula is C32H31ClN2O6. The molecule has 9 heteroatoms. The molecule has 5 rings (SSSR count). The van der Waals surface area contributed by atoms with Gasteiger partial charge < -0.3 is 24.1 Å². The molecule has 212 valence electrons. The number of ether oxygens (including phenoxy) is 4. The molecular weight excluding hydrogens is 544 g/mol. The fourth-order valence-corrected chi connectivity index (χ4v) is 5.82. The van der Waals surface area contributed by atoms with Crippen molar-refractivity contribution in [1.29, 1.82) is 5.41 Å². The number of methoxy groups -OCH3 is 4.